The van der Waals surface area contributed by atoms with Crippen molar-refractivity contribution in [3.8, 4) is 5.88 Å². The minimum absolute atomic E-state index is 0. The van der Waals surface area contributed by atoms with Gasteiger partial charge in [0.1, 0.15) is 5.60 Å². The highest BCUT2D eigenvalue weighted by atomic mass is 127. The molecule has 2 aromatic heterocycles. The molecule has 0 fully saturated rings. The molecule has 0 amide bonds. The van der Waals surface area contributed by atoms with Crippen molar-refractivity contribution in [2.75, 3.05) is 19.7 Å². The van der Waals surface area contributed by atoms with Gasteiger partial charge in [0.05, 0.1) is 25.9 Å². The molecule has 0 aliphatic carbocycles. The van der Waals surface area contributed by atoms with Gasteiger partial charge in [0.2, 0.25) is 5.88 Å². The Bertz CT molecular complexity index is 732. The summed E-state index contributed by atoms with van der Waals surface area (Å²) >= 11 is 0. The lowest BCUT2D eigenvalue weighted by atomic mass is 10.00. The first kappa shape index (κ1) is 23.2. The molecule has 27 heavy (non-hydrogen) atoms. The maximum Gasteiger partial charge on any atom is 0.213 e. The summed E-state index contributed by atoms with van der Waals surface area (Å²) in [4.78, 5) is 8.72. The minimum atomic E-state index is -1.05. The van der Waals surface area contributed by atoms with Gasteiger partial charge in [-0.05, 0) is 32.4 Å². The van der Waals surface area contributed by atoms with Gasteiger partial charge < -0.3 is 20.5 Å². The summed E-state index contributed by atoms with van der Waals surface area (Å²) in [6, 6.07) is 3.78. The number of aryl methyl sites for hydroxylation is 1. The zero-order valence-corrected chi connectivity index (χ0v) is 18.6. The van der Waals surface area contributed by atoms with Crippen LogP contribution in [0.5, 0.6) is 5.88 Å². The van der Waals surface area contributed by atoms with E-state index in [1.165, 1.54) is 0 Å². The summed E-state index contributed by atoms with van der Waals surface area (Å²) in [6.45, 7) is 7.76. The van der Waals surface area contributed by atoms with Crippen LogP contribution < -0.4 is 15.4 Å². The lowest BCUT2D eigenvalue weighted by Crippen LogP contribution is -2.44. The van der Waals surface area contributed by atoms with Crippen molar-refractivity contribution >= 4 is 29.9 Å². The van der Waals surface area contributed by atoms with Crippen molar-refractivity contribution in [2.24, 2.45) is 12.0 Å². The standard InChI is InChI=1S/C18H28N6O2.HI/c1-5-19-17(21-10-14-7-8-20-16(9-14)26-6-2)22-13-18(3,25)15-11-23-24(4)12-15;/h7-9,11-12,25H,5-6,10,13H2,1-4H3,(H2,19,21,22);1H. The van der Waals surface area contributed by atoms with Gasteiger partial charge in [0.25, 0.3) is 0 Å². The molecule has 9 heteroatoms. The summed E-state index contributed by atoms with van der Waals surface area (Å²) in [5.41, 5.74) is 0.696. The Kier molecular flexibility index (Phi) is 9.50. The van der Waals surface area contributed by atoms with Gasteiger partial charge in [-0.15, -0.1) is 24.0 Å². The van der Waals surface area contributed by atoms with Crippen LogP contribution in [0.1, 0.15) is 31.9 Å². The van der Waals surface area contributed by atoms with E-state index in [0.29, 0.717) is 31.5 Å². The minimum Gasteiger partial charge on any atom is -0.478 e. The molecule has 0 aliphatic rings. The maximum atomic E-state index is 10.7. The van der Waals surface area contributed by atoms with Crippen molar-refractivity contribution in [3.05, 3.63) is 41.9 Å². The third kappa shape index (κ3) is 7.33. The van der Waals surface area contributed by atoms with Gasteiger partial charge in [-0.1, -0.05) is 0 Å². The molecule has 8 nitrogen and oxygen atoms in total. The largest absolute Gasteiger partial charge is 0.478 e. The number of aliphatic hydroxyl groups is 1. The molecule has 2 aromatic rings. The fourth-order valence-corrected chi connectivity index (χ4v) is 2.34. The van der Waals surface area contributed by atoms with Gasteiger partial charge in [0, 0.05) is 37.6 Å². The van der Waals surface area contributed by atoms with Gasteiger partial charge in [0.15, 0.2) is 5.96 Å². The SMILES string of the molecule is CCNC(=NCc1ccnc(OCC)c1)NCC(C)(O)c1cnn(C)c1.I. The van der Waals surface area contributed by atoms with E-state index in [1.54, 1.807) is 30.2 Å². The molecular formula is C18H29IN6O2. The second-order valence-electron chi connectivity index (χ2n) is 6.16. The first-order valence-corrected chi connectivity index (χ1v) is 8.76. The fraction of sp³-hybridized carbons (Fsp3) is 0.500. The Hall–Kier alpha value is -1.88. The molecule has 3 N–H and O–H groups in total. The van der Waals surface area contributed by atoms with Crippen LogP contribution in [0, 0.1) is 0 Å². The van der Waals surface area contributed by atoms with Gasteiger partial charge >= 0.3 is 0 Å². The molecule has 0 radical (unpaired) electrons. The maximum absolute atomic E-state index is 10.7. The Morgan fingerprint density at radius 1 is 1.37 bits per heavy atom. The van der Waals surface area contributed by atoms with Gasteiger partial charge in [-0.3, -0.25) is 4.68 Å². The molecule has 0 aliphatic heterocycles. The number of hydrogen-bond donors (Lipinski definition) is 3. The first-order chi connectivity index (χ1) is 12.4. The second kappa shape index (κ2) is 11.1. The molecule has 1 atom stereocenters. The number of pyridine rings is 1. The molecule has 1 unspecified atom stereocenters. The van der Waals surface area contributed by atoms with Crippen LogP contribution >= 0.6 is 24.0 Å². The Labute approximate surface area is 177 Å². The normalized spacial score (nSPS) is 13.4. The number of nitrogens with zero attached hydrogens (tertiary/aromatic N) is 4. The quantitative estimate of drug-likeness (QED) is 0.298. The highest BCUT2D eigenvalue weighted by Gasteiger charge is 2.24. The van der Waals surface area contributed by atoms with Crippen molar-refractivity contribution in [1.29, 1.82) is 0 Å². The Morgan fingerprint density at radius 3 is 2.78 bits per heavy atom. The topological polar surface area (TPSA) is 96.6 Å². The Morgan fingerprint density at radius 2 is 2.15 bits per heavy atom. The monoisotopic (exact) mass is 488 g/mol. The fourth-order valence-electron chi connectivity index (χ4n) is 2.34. The second-order valence-corrected chi connectivity index (χ2v) is 6.16. The van der Waals surface area contributed by atoms with Crippen LogP contribution in [0.3, 0.4) is 0 Å². The molecular weight excluding hydrogens is 459 g/mol. The van der Waals surface area contributed by atoms with Crippen molar-refractivity contribution in [3.63, 3.8) is 0 Å². The number of rotatable bonds is 8. The van der Waals surface area contributed by atoms with Gasteiger partial charge in [-0.2, -0.15) is 5.10 Å². The number of aromatic nitrogens is 3. The smallest absolute Gasteiger partial charge is 0.213 e. The molecule has 2 rings (SSSR count). The molecule has 0 aromatic carbocycles. The molecule has 0 bridgehead atoms. The predicted octanol–water partition coefficient (Wildman–Crippen LogP) is 1.79. The average Bonchev–Trinajstić information content (AvgIpc) is 3.05. The first-order valence-electron chi connectivity index (χ1n) is 8.76. The van der Waals surface area contributed by atoms with Crippen molar-refractivity contribution in [1.82, 2.24) is 25.4 Å². The molecule has 0 spiro atoms. The van der Waals surface area contributed by atoms with Crippen LogP contribution in [0.25, 0.3) is 0 Å². The number of guanidine groups is 1. The summed E-state index contributed by atoms with van der Waals surface area (Å²) in [5.74, 6) is 1.23. The Balaban J connectivity index is 0.00000364. The molecule has 0 saturated heterocycles. The van der Waals surface area contributed by atoms with E-state index in [-0.39, 0.29) is 24.0 Å². The lowest BCUT2D eigenvalue weighted by molar-refractivity contribution is 0.0616. The molecule has 2 heterocycles. The van der Waals surface area contributed by atoms with E-state index in [0.717, 1.165) is 17.7 Å². The summed E-state index contributed by atoms with van der Waals surface area (Å²) in [6.07, 6.45) is 5.18. The zero-order valence-electron chi connectivity index (χ0n) is 16.3. The summed E-state index contributed by atoms with van der Waals surface area (Å²) in [7, 11) is 1.82. The van der Waals surface area contributed by atoms with E-state index in [2.05, 4.69) is 25.7 Å². The van der Waals surface area contributed by atoms with E-state index in [1.807, 2.05) is 33.0 Å². The zero-order chi connectivity index (χ0) is 19.0. The van der Waals surface area contributed by atoms with Gasteiger partial charge in [-0.25, -0.2) is 9.98 Å². The third-order valence-corrected chi connectivity index (χ3v) is 3.78. The predicted molar refractivity (Wildman–Crippen MR) is 116 cm³/mol. The number of hydrogen-bond acceptors (Lipinski definition) is 5. The highest BCUT2D eigenvalue weighted by Crippen LogP contribution is 2.18. The van der Waals surface area contributed by atoms with E-state index >= 15 is 0 Å². The van der Waals surface area contributed by atoms with Crippen LogP contribution in [-0.2, 0) is 19.2 Å². The highest BCUT2D eigenvalue weighted by molar-refractivity contribution is 14.0. The van der Waals surface area contributed by atoms with Crippen molar-refractivity contribution < 1.29 is 9.84 Å². The molecule has 0 saturated carbocycles. The van der Waals surface area contributed by atoms with Crippen LogP contribution in [0.15, 0.2) is 35.7 Å². The van der Waals surface area contributed by atoms with Crippen LogP contribution in [0.2, 0.25) is 0 Å². The summed E-state index contributed by atoms with van der Waals surface area (Å²) in [5, 5.41) is 21.2. The van der Waals surface area contributed by atoms with Crippen molar-refractivity contribution in [2.45, 2.75) is 32.9 Å². The number of nitrogens with one attached hydrogen (secondary N) is 2. The number of halogens is 1. The number of ether oxygens (including phenoxy) is 1. The van der Waals surface area contributed by atoms with E-state index in [4.69, 9.17) is 4.74 Å². The lowest BCUT2D eigenvalue weighted by Gasteiger charge is -2.23. The number of aliphatic imine (C=N–C) groups is 1. The van der Waals surface area contributed by atoms with E-state index < -0.39 is 5.60 Å². The average molecular weight is 488 g/mol. The van der Waals surface area contributed by atoms with Crippen LogP contribution in [-0.4, -0.2) is 45.5 Å². The molecule has 150 valence electrons. The van der Waals surface area contributed by atoms with Crippen LogP contribution in [0.4, 0.5) is 0 Å². The third-order valence-electron chi connectivity index (χ3n) is 3.78. The summed E-state index contributed by atoms with van der Waals surface area (Å²) < 4.78 is 7.08. The van der Waals surface area contributed by atoms with E-state index in [9.17, 15) is 5.11 Å².